The van der Waals surface area contributed by atoms with Crippen LogP contribution in [0.3, 0.4) is 0 Å². The van der Waals surface area contributed by atoms with Crippen LogP contribution in [0.1, 0.15) is 11.1 Å². The number of aromatic nitrogens is 1. The maximum Gasteiger partial charge on any atom is 0.179 e. The van der Waals surface area contributed by atoms with E-state index in [1.54, 1.807) is 24.4 Å². The largest absolute Gasteiger partial charge is 0.290 e. The predicted molar refractivity (Wildman–Crippen MR) is 54.5 cm³/mol. The summed E-state index contributed by atoms with van der Waals surface area (Å²) in [7, 11) is 0. The topological polar surface area (TPSA) is 32.8 Å². The molecule has 0 aliphatic carbocycles. The first kappa shape index (κ1) is 8.58. The Balaban J connectivity index is 2.83. The molecule has 0 aliphatic rings. The zero-order chi connectivity index (χ0) is 10.1. The molecule has 67 valence electrons. The molecule has 0 aliphatic heterocycles. The molecule has 0 amide bonds. The Hall–Kier alpha value is -2.01. The molecule has 0 unspecified atom stereocenters. The second-order valence-electron chi connectivity index (χ2n) is 3.18. The van der Waals surface area contributed by atoms with Crippen LogP contribution >= 0.6 is 0 Å². The fourth-order valence-corrected chi connectivity index (χ4v) is 1.48. The third kappa shape index (κ3) is 1.29. The molecule has 2 rings (SSSR count). The lowest BCUT2D eigenvalue weighted by atomic mass is 10.1. The molecule has 2 heteroatoms. The third-order valence-electron chi connectivity index (χ3n) is 2.11. The Kier molecular flexibility index (Phi) is 1.86. The lowest BCUT2D eigenvalue weighted by Gasteiger charge is -2.01. The second-order valence-corrected chi connectivity index (χ2v) is 3.18. The predicted octanol–water partition coefficient (Wildman–Crippen LogP) is 2.67. The molecule has 0 saturated heterocycles. The number of terminal acetylenes is 1. The van der Waals surface area contributed by atoms with Gasteiger partial charge in [-0.15, -0.1) is 6.42 Å². The van der Waals surface area contributed by atoms with Crippen molar-refractivity contribution in [3.8, 4) is 18.1 Å². The lowest BCUT2D eigenvalue weighted by molar-refractivity contribution is 0.355. The summed E-state index contributed by atoms with van der Waals surface area (Å²) in [6, 6.07) is 4.93. The number of nitrogens with zero attached hydrogens (tertiary/aromatic N) is 1. The first-order valence-electron chi connectivity index (χ1n) is 4.25. The summed E-state index contributed by atoms with van der Waals surface area (Å²) in [5.41, 5.74) is 2.42. The smallest absolute Gasteiger partial charge is 0.179 e. The van der Waals surface area contributed by atoms with Crippen molar-refractivity contribution in [1.82, 2.24) is 4.98 Å². The van der Waals surface area contributed by atoms with Gasteiger partial charge in [0.25, 0.3) is 0 Å². The molecular formula is C12H8NO. The van der Waals surface area contributed by atoms with Crippen LogP contribution in [0.15, 0.2) is 24.4 Å². The molecule has 0 N–H and O–H groups in total. The first-order chi connectivity index (χ1) is 6.70. The highest BCUT2D eigenvalue weighted by molar-refractivity contribution is 5.84. The van der Waals surface area contributed by atoms with Gasteiger partial charge < -0.3 is 0 Å². The summed E-state index contributed by atoms with van der Waals surface area (Å²) >= 11 is 0. The number of hydrogen-bond donors (Lipinski definition) is 0. The zero-order valence-electron chi connectivity index (χ0n) is 7.74. The third-order valence-corrected chi connectivity index (χ3v) is 2.11. The monoisotopic (exact) mass is 182 g/mol. The summed E-state index contributed by atoms with van der Waals surface area (Å²) in [5.74, 6) is 2.49. The molecule has 2 aromatic rings. The molecule has 14 heavy (non-hydrogen) atoms. The maximum atomic E-state index is 11.2. The number of fused-ring (bicyclic) bond motifs is 1. The SMILES string of the molecule is C#Cc1cnc2c(C)cc([O])cc2c1. The number of aryl methyl sites for hydroxylation is 1. The molecule has 0 spiro atoms. The van der Waals surface area contributed by atoms with Crippen molar-refractivity contribution in [3.05, 3.63) is 35.5 Å². The number of rotatable bonds is 0. The van der Waals surface area contributed by atoms with Gasteiger partial charge in [0, 0.05) is 17.1 Å². The van der Waals surface area contributed by atoms with Crippen molar-refractivity contribution in [2.75, 3.05) is 0 Å². The van der Waals surface area contributed by atoms with E-state index in [4.69, 9.17) is 6.42 Å². The van der Waals surface area contributed by atoms with E-state index >= 15 is 0 Å². The Morgan fingerprint density at radius 2 is 2.14 bits per heavy atom. The van der Waals surface area contributed by atoms with E-state index in [0.717, 1.165) is 16.5 Å². The molecule has 0 fully saturated rings. The summed E-state index contributed by atoms with van der Waals surface area (Å²) in [4.78, 5) is 4.21. The van der Waals surface area contributed by atoms with Gasteiger partial charge in [-0.3, -0.25) is 10.1 Å². The number of benzene rings is 1. The van der Waals surface area contributed by atoms with E-state index < -0.39 is 0 Å². The van der Waals surface area contributed by atoms with Gasteiger partial charge in [-0.25, -0.2) is 0 Å². The Morgan fingerprint density at radius 1 is 1.36 bits per heavy atom. The zero-order valence-corrected chi connectivity index (χ0v) is 7.74. The molecular weight excluding hydrogens is 174 g/mol. The molecule has 1 radical (unpaired) electrons. The van der Waals surface area contributed by atoms with Crippen LogP contribution < -0.4 is 0 Å². The van der Waals surface area contributed by atoms with Crippen molar-refractivity contribution >= 4 is 10.9 Å². The van der Waals surface area contributed by atoms with E-state index in [2.05, 4.69) is 10.9 Å². The van der Waals surface area contributed by atoms with Gasteiger partial charge >= 0.3 is 0 Å². The van der Waals surface area contributed by atoms with Gasteiger partial charge in [-0.1, -0.05) is 5.92 Å². The summed E-state index contributed by atoms with van der Waals surface area (Å²) in [6.07, 6.45) is 6.89. The Labute approximate surface area is 82.2 Å². The molecule has 2 nitrogen and oxygen atoms in total. The summed E-state index contributed by atoms with van der Waals surface area (Å²) in [5, 5.41) is 12.0. The Morgan fingerprint density at radius 3 is 2.86 bits per heavy atom. The van der Waals surface area contributed by atoms with Gasteiger partial charge in [0.1, 0.15) is 0 Å². The first-order valence-corrected chi connectivity index (χ1v) is 4.25. The normalized spacial score (nSPS) is 10.0. The van der Waals surface area contributed by atoms with Gasteiger partial charge in [0.05, 0.1) is 5.52 Å². The van der Waals surface area contributed by atoms with Crippen LogP contribution in [0.25, 0.3) is 10.9 Å². The average molecular weight is 182 g/mol. The minimum Gasteiger partial charge on any atom is -0.290 e. The quantitative estimate of drug-likeness (QED) is 0.576. The minimum atomic E-state index is -0.00836. The fourth-order valence-electron chi connectivity index (χ4n) is 1.48. The maximum absolute atomic E-state index is 11.2. The minimum absolute atomic E-state index is 0.00836. The van der Waals surface area contributed by atoms with E-state index in [0.29, 0.717) is 5.56 Å². The van der Waals surface area contributed by atoms with Crippen molar-refractivity contribution in [2.45, 2.75) is 6.92 Å². The van der Waals surface area contributed by atoms with Gasteiger partial charge in [0.2, 0.25) is 0 Å². The van der Waals surface area contributed by atoms with Crippen LogP contribution in [-0.4, -0.2) is 4.98 Å². The fraction of sp³-hybridized carbons (Fsp3) is 0.0833. The molecule has 1 aromatic carbocycles. The van der Waals surface area contributed by atoms with Gasteiger partial charge in [-0.05, 0) is 30.7 Å². The van der Waals surface area contributed by atoms with E-state index in [1.165, 1.54) is 0 Å². The Bertz CT molecular complexity index is 538. The van der Waals surface area contributed by atoms with Crippen LogP contribution in [0, 0.1) is 19.3 Å². The van der Waals surface area contributed by atoms with Gasteiger partial charge in [0.15, 0.2) is 5.75 Å². The molecule has 1 heterocycles. The number of pyridine rings is 1. The van der Waals surface area contributed by atoms with E-state index in [9.17, 15) is 5.11 Å². The lowest BCUT2D eigenvalue weighted by Crippen LogP contribution is -1.85. The van der Waals surface area contributed by atoms with E-state index in [1.807, 2.05) is 6.92 Å². The number of hydrogen-bond acceptors (Lipinski definition) is 1. The molecule has 0 atom stereocenters. The van der Waals surface area contributed by atoms with Crippen molar-refractivity contribution in [1.29, 1.82) is 0 Å². The van der Waals surface area contributed by atoms with Crippen LogP contribution in [-0.2, 0) is 5.11 Å². The summed E-state index contributed by atoms with van der Waals surface area (Å²) < 4.78 is 0. The van der Waals surface area contributed by atoms with Crippen LogP contribution in [0.2, 0.25) is 0 Å². The second kappa shape index (κ2) is 3.04. The highest BCUT2D eigenvalue weighted by Crippen LogP contribution is 2.23. The summed E-state index contributed by atoms with van der Waals surface area (Å²) in [6.45, 7) is 1.87. The van der Waals surface area contributed by atoms with E-state index in [-0.39, 0.29) is 5.75 Å². The molecule has 0 saturated carbocycles. The molecule has 1 aromatic heterocycles. The van der Waals surface area contributed by atoms with Crippen LogP contribution in [0.5, 0.6) is 5.75 Å². The standard InChI is InChI=1S/C12H8NO/c1-3-9-5-10-6-11(14)4-8(2)12(10)13-7-9/h1,4-7H,2H3. The van der Waals surface area contributed by atoms with Gasteiger partial charge in [-0.2, -0.15) is 0 Å². The van der Waals surface area contributed by atoms with Crippen molar-refractivity contribution in [2.24, 2.45) is 0 Å². The van der Waals surface area contributed by atoms with Crippen molar-refractivity contribution < 1.29 is 5.11 Å². The average Bonchev–Trinajstić information content (AvgIpc) is 2.16. The highest BCUT2D eigenvalue weighted by Gasteiger charge is 2.02. The highest BCUT2D eigenvalue weighted by atomic mass is 16.3. The van der Waals surface area contributed by atoms with Crippen molar-refractivity contribution in [3.63, 3.8) is 0 Å². The van der Waals surface area contributed by atoms with Crippen LogP contribution in [0.4, 0.5) is 0 Å². The molecule has 0 bridgehead atoms.